The average Bonchev–Trinajstić information content (AvgIpc) is 2.85. The van der Waals surface area contributed by atoms with Crippen molar-refractivity contribution >= 4 is 5.78 Å². The van der Waals surface area contributed by atoms with Crippen molar-refractivity contribution in [2.45, 2.75) is 65.2 Å². The number of carbonyl (C=O) groups is 1. The number of hydrogen-bond donors (Lipinski definition) is 1. The fraction of sp³-hybridized carbons (Fsp3) is 0.850. The summed E-state index contributed by atoms with van der Waals surface area (Å²) in [6.45, 7) is 12.5. The molecule has 0 aliphatic heterocycles. The van der Waals surface area contributed by atoms with Crippen molar-refractivity contribution in [2.24, 2.45) is 39.9 Å². The summed E-state index contributed by atoms with van der Waals surface area (Å²) in [6.07, 6.45) is 4.12. The van der Waals surface area contributed by atoms with Crippen molar-refractivity contribution in [2.75, 3.05) is 0 Å². The molecule has 5 saturated carbocycles. The van der Waals surface area contributed by atoms with Gasteiger partial charge in [-0.25, -0.2) is 4.39 Å². The van der Waals surface area contributed by atoms with E-state index in [2.05, 4.69) is 27.4 Å². The van der Waals surface area contributed by atoms with Crippen molar-refractivity contribution in [3.8, 4) is 0 Å². The number of aliphatic hydroxyl groups is 1. The van der Waals surface area contributed by atoms with E-state index in [1.807, 2.05) is 13.0 Å². The highest BCUT2D eigenvalue weighted by atomic mass is 19.1. The number of aliphatic hydroxyl groups excluding tert-OH is 1. The summed E-state index contributed by atoms with van der Waals surface area (Å²) >= 11 is 0. The summed E-state index contributed by atoms with van der Waals surface area (Å²) in [4.78, 5) is 13.0. The standard InChI is InChI=1S/C20H29FO2/c1-6-17(4)7-8-18(5)11(2)9-13-19(12(3)15(17)22)10-20(13,21)16(23)14(18)19/h6,11-15,22H,1,7-10H2,2-5H3/t11-,12+,13+,14?,15+,17-,18-,19+,20+/m1/s1. The minimum absolute atomic E-state index is 0.0667. The second kappa shape index (κ2) is 4.09. The van der Waals surface area contributed by atoms with Crippen LogP contribution in [0.1, 0.15) is 53.4 Å². The largest absolute Gasteiger partial charge is 0.392 e. The van der Waals surface area contributed by atoms with E-state index in [1.165, 1.54) is 0 Å². The van der Waals surface area contributed by atoms with Gasteiger partial charge in [-0.1, -0.05) is 33.8 Å². The van der Waals surface area contributed by atoms with E-state index in [9.17, 15) is 9.90 Å². The van der Waals surface area contributed by atoms with Gasteiger partial charge in [0.05, 0.1) is 6.10 Å². The van der Waals surface area contributed by atoms with Crippen LogP contribution in [0.25, 0.3) is 0 Å². The van der Waals surface area contributed by atoms with Crippen LogP contribution in [-0.4, -0.2) is 22.7 Å². The Morgan fingerprint density at radius 3 is 2.57 bits per heavy atom. The fourth-order valence-electron chi connectivity index (χ4n) is 7.17. The Balaban J connectivity index is 1.91. The third-order valence-electron chi connectivity index (χ3n) is 9.01. The van der Waals surface area contributed by atoms with Gasteiger partial charge in [-0.3, -0.25) is 4.79 Å². The molecular weight excluding hydrogens is 291 g/mol. The number of ketones is 1. The zero-order chi connectivity index (χ0) is 17.0. The predicted molar refractivity (Wildman–Crippen MR) is 87.5 cm³/mol. The minimum atomic E-state index is -1.61. The number of carbonyl (C=O) groups excluding carboxylic acids is 1. The molecule has 5 aliphatic rings. The molecule has 1 N–H and O–H groups in total. The molecule has 0 aromatic heterocycles. The molecule has 1 spiro atoms. The van der Waals surface area contributed by atoms with E-state index in [4.69, 9.17) is 0 Å². The second-order valence-corrected chi connectivity index (χ2v) is 9.59. The molecule has 0 heterocycles. The predicted octanol–water partition coefficient (Wildman–Crippen LogP) is 3.93. The molecule has 0 aromatic rings. The molecule has 3 heteroatoms. The van der Waals surface area contributed by atoms with Crippen LogP contribution in [0.5, 0.6) is 0 Å². The lowest BCUT2D eigenvalue weighted by Gasteiger charge is -2.65. The van der Waals surface area contributed by atoms with Crippen LogP contribution in [0.3, 0.4) is 0 Å². The number of Topliss-reactive ketones (excluding diaryl/α,β-unsaturated/α-hetero) is 1. The highest BCUT2D eigenvalue weighted by Crippen LogP contribution is 2.81. The van der Waals surface area contributed by atoms with Gasteiger partial charge >= 0.3 is 0 Å². The molecule has 0 radical (unpaired) electrons. The van der Waals surface area contributed by atoms with Crippen molar-refractivity contribution in [3.05, 3.63) is 12.7 Å². The lowest BCUT2D eigenvalue weighted by atomic mass is 9.38. The number of halogens is 1. The lowest BCUT2D eigenvalue weighted by Crippen LogP contribution is -2.65. The van der Waals surface area contributed by atoms with Crippen LogP contribution >= 0.6 is 0 Å². The molecule has 23 heavy (non-hydrogen) atoms. The Hall–Kier alpha value is -0.700. The van der Waals surface area contributed by atoms with Gasteiger partial charge in [-0.05, 0) is 48.3 Å². The van der Waals surface area contributed by atoms with Gasteiger partial charge < -0.3 is 5.11 Å². The number of rotatable bonds is 1. The molecule has 2 nitrogen and oxygen atoms in total. The molecule has 0 saturated heterocycles. The maximum absolute atomic E-state index is 15.4. The Bertz CT molecular complexity index is 602. The third-order valence-corrected chi connectivity index (χ3v) is 9.01. The zero-order valence-corrected chi connectivity index (χ0v) is 14.7. The zero-order valence-electron chi connectivity index (χ0n) is 14.7. The van der Waals surface area contributed by atoms with Crippen LogP contribution in [0, 0.1) is 39.9 Å². The van der Waals surface area contributed by atoms with Gasteiger partial charge in [-0.2, -0.15) is 0 Å². The Morgan fingerprint density at radius 1 is 1.30 bits per heavy atom. The second-order valence-electron chi connectivity index (χ2n) is 9.59. The summed E-state index contributed by atoms with van der Waals surface area (Å²) in [5, 5.41) is 11.1. The Morgan fingerprint density at radius 2 is 1.96 bits per heavy atom. The SMILES string of the molecule is C=C[C@]1(C)CC[C@@]2(C)C3C(=O)[C@]4(F)C[C@]3([C@@H](C)[C@@H]1O)[C@@H]4C[C@H]2C. The van der Waals surface area contributed by atoms with Crippen LogP contribution in [0.4, 0.5) is 4.39 Å². The smallest absolute Gasteiger partial charge is 0.174 e. The van der Waals surface area contributed by atoms with Crippen LogP contribution in [-0.2, 0) is 4.79 Å². The summed E-state index contributed by atoms with van der Waals surface area (Å²) < 4.78 is 15.4. The molecule has 5 fully saturated rings. The summed E-state index contributed by atoms with van der Waals surface area (Å²) in [5.74, 6) is -0.261. The molecular formula is C20H29FO2. The normalized spacial score (nSPS) is 63.9. The first-order chi connectivity index (χ1) is 10.6. The van der Waals surface area contributed by atoms with E-state index >= 15 is 4.39 Å². The lowest BCUT2D eigenvalue weighted by molar-refractivity contribution is -0.222. The van der Waals surface area contributed by atoms with Gasteiger partial charge in [0.15, 0.2) is 11.5 Å². The summed E-state index contributed by atoms with van der Waals surface area (Å²) in [6, 6.07) is 0. The topological polar surface area (TPSA) is 37.3 Å². The Kier molecular flexibility index (Phi) is 2.81. The quantitative estimate of drug-likeness (QED) is 0.743. The van der Waals surface area contributed by atoms with Gasteiger partial charge in [0, 0.05) is 17.3 Å². The molecule has 1 unspecified atom stereocenters. The summed E-state index contributed by atoms with van der Waals surface area (Å²) in [5.41, 5.74) is -2.46. The van der Waals surface area contributed by atoms with Crippen LogP contribution in [0.2, 0.25) is 0 Å². The first-order valence-corrected chi connectivity index (χ1v) is 9.13. The van der Waals surface area contributed by atoms with Gasteiger partial charge in [0.2, 0.25) is 0 Å². The highest BCUT2D eigenvalue weighted by molar-refractivity contribution is 5.98. The van der Waals surface area contributed by atoms with Gasteiger partial charge in [0.1, 0.15) is 0 Å². The van der Waals surface area contributed by atoms with Gasteiger partial charge in [0.25, 0.3) is 0 Å². The summed E-state index contributed by atoms with van der Waals surface area (Å²) in [7, 11) is 0. The van der Waals surface area contributed by atoms with Crippen LogP contribution in [0.15, 0.2) is 12.7 Å². The average molecular weight is 320 g/mol. The van der Waals surface area contributed by atoms with Crippen LogP contribution < -0.4 is 0 Å². The molecule has 5 bridgehead atoms. The minimum Gasteiger partial charge on any atom is -0.392 e. The van der Waals surface area contributed by atoms with E-state index in [1.54, 1.807) is 0 Å². The van der Waals surface area contributed by atoms with E-state index < -0.39 is 11.8 Å². The third kappa shape index (κ3) is 1.40. The highest BCUT2D eigenvalue weighted by Gasteiger charge is 2.86. The first-order valence-electron chi connectivity index (χ1n) is 9.13. The molecule has 5 aliphatic carbocycles. The molecule has 0 amide bonds. The number of hydrogen-bond acceptors (Lipinski definition) is 2. The Labute approximate surface area is 138 Å². The first kappa shape index (κ1) is 15.8. The molecule has 9 atom stereocenters. The molecule has 0 aromatic carbocycles. The van der Waals surface area contributed by atoms with Crippen molar-refractivity contribution in [1.82, 2.24) is 0 Å². The van der Waals surface area contributed by atoms with E-state index in [0.29, 0.717) is 12.3 Å². The van der Waals surface area contributed by atoms with Gasteiger partial charge in [-0.15, -0.1) is 6.58 Å². The maximum atomic E-state index is 15.4. The van der Waals surface area contributed by atoms with E-state index in [0.717, 1.165) is 19.3 Å². The fourth-order valence-corrected chi connectivity index (χ4v) is 7.17. The monoisotopic (exact) mass is 320 g/mol. The van der Waals surface area contributed by atoms with Crippen molar-refractivity contribution in [1.29, 1.82) is 0 Å². The van der Waals surface area contributed by atoms with Crippen molar-refractivity contribution < 1.29 is 14.3 Å². The molecule has 5 rings (SSSR count). The van der Waals surface area contributed by atoms with Crippen molar-refractivity contribution in [3.63, 3.8) is 0 Å². The number of alkyl halides is 1. The molecule has 128 valence electrons. The van der Waals surface area contributed by atoms with E-state index in [-0.39, 0.29) is 39.8 Å². The maximum Gasteiger partial charge on any atom is 0.174 e.